The third kappa shape index (κ3) is 4.07. The van der Waals surface area contributed by atoms with E-state index in [1.54, 1.807) is 0 Å². The summed E-state index contributed by atoms with van der Waals surface area (Å²) in [7, 11) is 4.00. The number of nitrogens with zero attached hydrogens (tertiary/aromatic N) is 7. The molecular formula is C22H25N7S. The number of nitriles is 1. The zero-order valence-corrected chi connectivity index (χ0v) is 18.1. The van der Waals surface area contributed by atoms with Crippen LogP contribution in [0.1, 0.15) is 17.7 Å². The molecule has 0 bridgehead atoms. The lowest BCUT2D eigenvalue weighted by Crippen LogP contribution is -2.51. The summed E-state index contributed by atoms with van der Waals surface area (Å²) in [6.45, 7) is 4.36. The van der Waals surface area contributed by atoms with Gasteiger partial charge in [0.25, 0.3) is 0 Å². The van der Waals surface area contributed by atoms with Gasteiger partial charge in [-0.1, -0.05) is 0 Å². The highest BCUT2D eigenvalue weighted by atomic mass is 32.1. The number of rotatable bonds is 2. The van der Waals surface area contributed by atoms with E-state index >= 15 is 0 Å². The molecular weight excluding hydrogens is 394 g/mol. The molecule has 0 unspecified atom stereocenters. The standard InChI is InChI=1S/C22H25N7S/c1-26-11-9-19(21-20(26)4-3-10-24-21)25-27(2)22(30)29-14-12-28(13-15-29)18-7-5-17(16-23)6-8-18/h3-8,10H,9,11-15H2,1-2H3/b25-19-. The van der Waals surface area contributed by atoms with Crippen molar-refractivity contribution in [1.29, 1.82) is 5.26 Å². The van der Waals surface area contributed by atoms with E-state index in [0.29, 0.717) is 5.56 Å². The molecule has 8 heteroatoms. The van der Waals surface area contributed by atoms with Gasteiger partial charge >= 0.3 is 0 Å². The molecule has 0 amide bonds. The van der Waals surface area contributed by atoms with Crippen molar-refractivity contribution in [2.24, 2.45) is 5.10 Å². The van der Waals surface area contributed by atoms with Crippen molar-refractivity contribution < 1.29 is 0 Å². The molecule has 2 aliphatic heterocycles. The van der Waals surface area contributed by atoms with Gasteiger partial charge in [-0.15, -0.1) is 0 Å². The Hall–Kier alpha value is -3.18. The monoisotopic (exact) mass is 419 g/mol. The zero-order chi connectivity index (χ0) is 21.1. The summed E-state index contributed by atoms with van der Waals surface area (Å²) in [5.41, 5.74) is 4.85. The molecule has 1 saturated heterocycles. The SMILES string of the molecule is CN(/N=C1/CCN(C)c2cccnc21)C(=S)N1CCN(c2ccc(C#N)cc2)CC1. The van der Waals surface area contributed by atoms with Crippen molar-refractivity contribution in [2.45, 2.75) is 6.42 Å². The fraction of sp³-hybridized carbons (Fsp3) is 0.364. The van der Waals surface area contributed by atoms with Crippen molar-refractivity contribution in [3.05, 3.63) is 53.9 Å². The zero-order valence-electron chi connectivity index (χ0n) is 17.3. The molecule has 154 valence electrons. The Morgan fingerprint density at radius 1 is 1.13 bits per heavy atom. The number of hydrazone groups is 1. The number of fused-ring (bicyclic) bond motifs is 1. The first-order valence-corrected chi connectivity index (χ1v) is 10.5. The van der Waals surface area contributed by atoms with Gasteiger partial charge in [0, 0.05) is 65.1 Å². The number of thiocarbonyl (C=S) groups is 1. The number of pyridine rings is 1. The average Bonchev–Trinajstić information content (AvgIpc) is 2.80. The maximum absolute atomic E-state index is 8.97. The number of hydrogen-bond acceptors (Lipinski definition) is 6. The summed E-state index contributed by atoms with van der Waals surface area (Å²) < 4.78 is 0. The predicted molar refractivity (Wildman–Crippen MR) is 124 cm³/mol. The van der Waals surface area contributed by atoms with Crippen LogP contribution in [0, 0.1) is 11.3 Å². The molecule has 0 atom stereocenters. The molecule has 0 saturated carbocycles. The minimum Gasteiger partial charge on any atom is -0.372 e. The van der Waals surface area contributed by atoms with E-state index in [0.717, 1.165) is 67.0 Å². The Bertz CT molecular complexity index is 987. The predicted octanol–water partition coefficient (Wildman–Crippen LogP) is 2.54. The van der Waals surface area contributed by atoms with E-state index in [9.17, 15) is 0 Å². The smallest absolute Gasteiger partial charge is 0.192 e. The van der Waals surface area contributed by atoms with Crippen LogP contribution < -0.4 is 9.80 Å². The topological polar surface area (TPSA) is 62.0 Å². The van der Waals surface area contributed by atoms with Crippen molar-refractivity contribution in [3.8, 4) is 6.07 Å². The van der Waals surface area contributed by atoms with Gasteiger partial charge < -0.3 is 14.7 Å². The second-order valence-corrected chi connectivity index (χ2v) is 7.89. The fourth-order valence-corrected chi connectivity index (χ4v) is 4.09. The molecule has 0 aliphatic carbocycles. The first-order chi connectivity index (χ1) is 14.6. The Morgan fingerprint density at radius 2 is 1.87 bits per heavy atom. The first-order valence-electron chi connectivity index (χ1n) is 10.1. The third-order valence-electron chi connectivity index (χ3n) is 5.61. The number of anilines is 2. The van der Waals surface area contributed by atoms with Crippen LogP contribution in [0.25, 0.3) is 0 Å². The van der Waals surface area contributed by atoms with E-state index in [-0.39, 0.29) is 0 Å². The van der Waals surface area contributed by atoms with Crippen molar-refractivity contribution in [3.63, 3.8) is 0 Å². The summed E-state index contributed by atoms with van der Waals surface area (Å²) in [6.07, 6.45) is 2.66. The molecule has 0 radical (unpaired) electrons. The minimum absolute atomic E-state index is 0.685. The van der Waals surface area contributed by atoms with E-state index in [1.165, 1.54) is 0 Å². The average molecular weight is 420 g/mol. The molecule has 3 heterocycles. The van der Waals surface area contributed by atoms with Crippen LogP contribution in [-0.4, -0.2) is 72.5 Å². The highest BCUT2D eigenvalue weighted by Crippen LogP contribution is 2.24. The van der Waals surface area contributed by atoms with Gasteiger partial charge in [-0.05, 0) is 48.6 Å². The molecule has 7 nitrogen and oxygen atoms in total. The maximum Gasteiger partial charge on any atom is 0.192 e. The Morgan fingerprint density at radius 3 is 2.57 bits per heavy atom. The third-order valence-corrected chi connectivity index (χ3v) is 6.14. The molecule has 1 fully saturated rings. The van der Waals surface area contributed by atoms with Gasteiger partial charge in [-0.25, -0.2) is 5.01 Å². The summed E-state index contributed by atoms with van der Waals surface area (Å²) in [6, 6.07) is 14.0. The largest absolute Gasteiger partial charge is 0.372 e. The number of piperazine rings is 1. The molecule has 2 aromatic rings. The number of benzene rings is 1. The van der Waals surface area contributed by atoms with Crippen LogP contribution in [0.5, 0.6) is 0 Å². The molecule has 0 spiro atoms. The highest BCUT2D eigenvalue weighted by molar-refractivity contribution is 7.80. The van der Waals surface area contributed by atoms with E-state index < -0.39 is 0 Å². The van der Waals surface area contributed by atoms with Crippen LogP contribution in [0.3, 0.4) is 0 Å². The first kappa shape index (κ1) is 20.1. The normalized spacial score (nSPS) is 17.5. The molecule has 1 aromatic carbocycles. The van der Waals surface area contributed by atoms with E-state index in [4.69, 9.17) is 22.6 Å². The van der Waals surface area contributed by atoms with Crippen molar-refractivity contribution in [1.82, 2.24) is 14.9 Å². The Labute approximate surface area is 182 Å². The number of hydrogen-bond donors (Lipinski definition) is 0. The van der Waals surface area contributed by atoms with Gasteiger partial charge in [0.2, 0.25) is 0 Å². The summed E-state index contributed by atoms with van der Waals surface area (Å²) in [5, 5.41) is 16.3. The van der Waals surface area contributed by atoms with Crippen LogP contribution >= 0.6 is 12.2 Å². The lowest BCUT2D eigenvalue weighted by molar-refractivity contribution is 0.341. The maximum atomic E-state index is 8.97. The Balaban J connectivity index is 1.40. The molecule has 2 aliphatic rings. The van der Waals surface area contributed by atoms with Crippen molar-refractivity contribution in [2.75, 3.05) is 56.6 Å². The van der Waals surface area contributed by atoms with Gasteiger partial charge in [-0.2, -0.15) is 10.4 Å². The van der Waals surface area contributed by atoms with Crippen LogP contribution in [0.4, 0.5) is 11.4 Å². The molecule has 0 N–H and O–H groups in total. The van der Waals surface area contributed by atoms with Crippen molar-refractivity contribution >= 4 is 34.4 Å². The van der Waals surface area contributed by atoms with Gasteiger partial charge in [-0.3, -0.25) is 4.98 Å². The Kier molecular flexibility index (Phi) is 5.81. The van der Waals surface area contributed by atoms with Gasteiger partial charge in [0.15, 0.2) is 5.11 Å². The summed E-state index contributed by atoms with van der Waals surface area (Å²) >= 11 is 5.73. The van der Waals surface area contributed by atoms with Crippen LogP contribution in [-0.2, 0) is 0 Å². The molecule has 30 heavy (non-hydrogen) atoms. The lowest BCUT2D eigenvalue weighted by Gasteiger charge is -2.38. The second-order valence-electron chi connectivity index (χ2n) is 7.53. The summed E-state index contributed by atoms with van der Waals surface area (Å²) in [4.78, 5) is 11.3. The second kappa shape index (κ2) is 8.67. The van der Waals surface area contributed by atoms with Gasteiger partial charge in [0.05, 0.1) is 23.0 Å². The minimum atomic E-state index is 0.685. The molecule has 1 aromatic heterocycles. The van der Waals surface area contributed by atoms with Gasteiger partial charge in [0.1, 0.15) is 5.69 Å². The molecule has 4 rings (SSSR count). The lowest BCUT2D eigenvalue weighted by atomic mass is 10.1. The van der Waals surface area contributed by atoms with Crippen LogP contribution in [0.2, 0.25) is 0 Å². The quantitative estimate of drug-likeness (QED) is 0.548. The van der Waals surface area contributed by atoms with E-state index in [1.807, 2.05) is 48.6 Å². The summed E-state index contributed by atoms with van der Waals surface area (Å²) in [5.74, 6) is 0. The van der Waals surface area contributed by atoms with Crippen LogP contribution in [0.15, 0.2) is 47.7 Å². The van der Waals surface area contributed by atoms with E-state index in [2.05, 4.69) is 38.9 Å². The highest BCUT2D eigenvalue weighted by Gasteiger charge is 2.24. The number of aromatic nitrogens is 1. The fourth-order valence-electron chi connectivity index (χ4n) is 3.87.